The number of carboxylic acids is 1. The number of carbonyl (C=O) groups is 2. The van der Waals surface area contributed by atoms with Crippen molar-refractivity contribution < 1.29 is 19.4 Å². The van der Waals surface area contributed by atoms with Crippen molar-refractivity contribution in [2.75, 3.05) is 31.6 Å². The van der Waals surface area contributed by atoms with E-state index in [9.17, 15) is 14.7 Å². The number of rotatable bonds is 4. The molecule has 0 spiro atoms. The number of nitrogens with zero attached hydrogens (tertiary/aromatic N) is 2. The lowest BCUT2D eigenvalue weighted by Gasteiger charge is -2.33. The number of nitrogens with one attached hydrogen (secondary N) is 1. The molecule has 2 aliphatic heterocycles. The molecule has 7 nitrogen and oxygen atoms in total. The highest BCUT2D eigenvalue weighted by molar-refractivity contribution is 7.10. The second-order valence-electron chi connectivity index (χ2n) is 7.06. The molecule has 4 rings (SSSR count). The molecule has 0 aromatic carbocycles. The average Bonchev–Trinajstić information content (AvgIpc) is 3.16. The van der Waals surface area contributed by atoms with Crippen LogP contribution in [0.2, 0.25) is 0 Å². The molecule has 0 radical (unpaired) electrons. The van der Waals surface area contributed by atoms with Gasteiger partial charge in [0.1, 0.15) is 5.00 Å². The monoisotopic (exact) mass is 351 g/mol. The molecule has 130 valence electrons. The van der Waals surface area contributed by atoms with Crippen LogP contribution in [0.5, 0.6) is 0 Å². The van der Waals surface area contributed by atoms with Crippen LogP contribution in [0.1, 0.15) is 35.3 Å². The molecule has 8 heteroatoms. The number of aryl methyl sites for hydroxylation is 1. The number of ether oxygens (including phenoxy) is 1. The van der Waals surface area contributed by atoms with Crippen LogP contribution in [0.3, 0.4) is 0 Å². The number of amides is 1. The van der Waals surface area contributed by atoms with E-state index in [-0.39, 0.29) is 18.4 Å². The summed E-state index contributed by atoms with van der Waals surface area (Å²) in [5.74, 6) is -1.07. The molecular weight excluding hydrogens is 330 g/mol. The van der Waals surface area contributed by atoms with E-state index in [4.69, 9.17) is 4.74 Å². The highest BCUT2D eigenvalue weighted by Crippen LogP contribution is 2.43. The maximum atomic E-state index is 13.1. The van der Waals surface area contributed by atoms with Gasteiger partial charge in [-0.25, -0.2) is 0 Å². The summed E-state index contributed by atoms with van der Waals surface area (Å²) in [5, 5.41) is 13.9. The van der Waals surface area contributed by atoms with E-state index in [0.29, 0.717) is 43.5 Å². The molecule has 3 aliphatic rings. The fourth-order valence-corrected chi connectivity index (χ4v) is 4.61. The van der Waals surface area contributed by atoms with Crippen molar-refractivity contribution in [1.29, 1.82) is 0 Å². The maximum absolute atomic E-state index is 13.1. The lowest BCUT2D eigenvalue weighted by Crippen LogP contribution is -2.45. The number of aromatic nitrogens is 1. The SMILES string of the molecule is Cc1nsc(NC2CC2)c1C(=O)N1C[C@H]2COCC[C@@]2(C(=O)O)C1. The van der Waals surface area contributed by atoms with Crippen molar-refractivity contribution in [3.05, 3.63) is 11.3 Å². The van der Waals surface area contributed by atoms with Gasteiger partial charge in [0.25, 0.3) is 5.91 Å². The van der Waals surface area contributed by atoms with E-state index in [0.717, 1.165) is 17.8 Å². The fraction of sp³-hybridized carbons (Fsp3) is 0.688. The van der Waals surface area contributed by atoms with E-state index in [2.05, 4.69) is 9.69 Å². The smallest absolute Gasteiger partial charge is 0.311 e. The van der Waals surface area contributed by atoms with Crippen molar-refractivity contribution >= 4 is 28.4 Å². The summed E-state index contributed by atoms with van der Waals surface area (Å²) in [6, 6.07) is 0.441. The maximum Gasteiger partial charge on any atom is 0.311 e. The van der Waals surface area contributed by atoms with Crippen LogP contribution >= 0.6 is 11.5 Å². The summed E-state index contributed by atoms with van der Waals surface area (Å²) in [7, 11) is 0. The van der Waals surface area contributed by atoms with Gasteiger partial charge in [-0.15, -0.1) is 0 Å². The summed E-state index contributed by atoms with van der Waals surface area (Å²) in [5.41, 5.74) is 0.450. The molecule has 2 N–H and O–H groups in total. The third-order valence-corrected chi connectivity index (χ3v) is 6.28. The Balaban J connectivity index is 1.59. The minimum absolute atomic E-state index is 0.112. The standard InChI is InChI=1S/C16H21N3O4S/c1-9-12(13(24-18-9)17-11-2-3-11)14(20)19-6-10-7-23-5-4-16(10,8-19)15(21)22/h10-11,17H,2-8H2,1H3,(H,21,22)/t10-,16+/m0/s1. The van der Waals surface area contributed by atoms with Gasteiger partial charge in [-0.3, -0.25) is 9.59 Å². The molecule has 1 aromatic rings. The summed E-state index contributed by atoms with van der Waals surface area (Å²) in [6.45, 7) is 3.38. The predicted octanol–water partition coefficient (Wildman–Crippen LogP) is 1.59. The number of hydrogen-bond donors (Lipinski definition) is 2. The first-order valence-corrected chi connectivity index (χ1v) is 9.12. The van der Waals surface area contributed by atoms with Gasteiger partial charge in [-0.2, -0.15) is 4.37 Å². The Kier molecular flexibility index (Phi) is 3.76. The average molecular weight is 351 g/mol. The molecule has 1 saturated carbocycles. The van der Waals surface area contributed by atoms with Crippen molar-refractivity contribution in [3.8, 4) is 0 Å². The molecule has 0 bridgehead atoms. The third kappa shape index (κ3) is 2.48. The summed E-state index contributed by atoms with van der Waals surface area (Å²) >= 11 is 1.31. The number of fused-ring (bicyclic) bond motifs is 1. The number of carboxylic acid groups (broad SMARTS) is 1. The first kappa shape index (κ1) is 15.8. The zero-order chi connectivity index (χ0) is 16.9. The summed E-state index contributed by atoms with van der Waals surface area (Å²) in [6.07, 6.45) is 2.70. The summed E-state index contributed by atoms with van der Waals surface area (Å²) in [4.78, 5) is 26.6. The first-order chi connectivity index (χ1) is 11.5. The van der Waals surface area contributed by atoms with Crippen LogP contribution < -0.4 is 5.32 Å². The largest absolute Gasteiger partial charge is 0.481 e. The van der Waals surface area contributed by atoms with Crippen molar-refractivity contribution in [1.82, 2.24) is 9.27 Å². The minimum atomic E-state index is -0.866. The Labute approximate surface area is 144 Å². The molecule has 1 amide bonds. The lowest BCUT2D eigenvalue weighted by atomic mass is 9.74. The number of hydrogen-bond acceptors (Lipinski definition) is 6. The van der Waals surface area contributed by atoms with Gasteiger partial charge < -0.3 is 20.1 Å². The van der Waals surface area contributed by atoms with E-state index in [1.54, 1.807) is 4.90 Å². The van der Waals surface area contributed by atoms with Gasteiger partial charge in [0.2, 0.25) is 0 Å². The molecular formula is C16H21N3O4S. The van der Waals surface area contributed by atoms with Crippen LogP contribution in [0.15, 0.2) is 0 Å². The zero-order valence-corrected chi connectivity index (χ0v) is 14.4. The third-order valence-electron chi connectivity index (χ3n) is 5.41. The van der Waals surface area contributed by atoms with E-state index in [1.807, 2.05) is 6.92 Å². The number of anilines is 1. The van der Waals surface area contributed by atoms with Gasteiger partial charge in [-0.1, -0.05) is 0 Å². The van der Waals surface area contributed by atoms with E-state index in [1.165, 1.54) is 11.5 Å². The number of aliphatic carboxylic acids is 1. The normalized spacial score (nSPS) is 29.4. The highest BCUT2D eigenvalue weighted by atomic mass is 32.1. The topological polar surface area (TPSA) is 91.8 Å². The van der Waals surface area contributed by atoms with E-state index < -0.39 is 11.4 Å². The van der Waals surface area contributed by atoms with Crippen LogP contribution in [0.25, 0.3) is 0 Å². The first-order valence-electron chi connectivity index (χ1n) is 8.34. The van der Waals surface area contributed by atoms with Gasteiger partial charge in [0.05, 0.1) is 23.3 Å². The molecule has 3 heterocycles. The Hall–Kier alpha value is -1.67. The zero-order valence-electron chi connectivity index (χ0n) is 13.6. The second kappa shape index (κ2) is 5.70. The second-order valence-corrected chi connectivity index (χ2v) is 7.83. The van der Waals surface area contributed by atoms with Crippen molar-refractivity contribution in [3.63, 3.8) is 0 Å². The quantitative estimate of drug-likeness (QED) is 0.856. The molecule has 3 fully saturated rings. The Morgan fingerprint density at radius 1 is 1.46 bits per heavy atom. The van der Waals surface area contributed by atoms with Crippen LogP contribution in [0, 0.1) is 18.3 Å². The Morgan fingerprint density at radius 2 is 2.25 bits per heavy atom. The number of carbonyl (C=O) groups excluding carboxylic acids is 1. The molecule has 2 atom stereocenters. The molecule has 2 saturated heterocycles. The van der Waals surface area contributed by atoms with Gasteiger partial charge >= 0.3 is 5.97 Å². The van der Waals surface area contributed by atoms with Crippen LogP contribution in [-0.4, -0.2) is 58.6 Å². The van der Waals surface area contributed by atoms with Crippen LogP contribution in [0.4, 0.5) is 5.00 Å². The van der Waals surface area contributed by atoms with Gasteiger partial charge in [0, 0.05) is 31.7 Å². The van der Waals surface area contributed by atoms with Crippen molar-refractivity contribution in [2.45, 2.75) is 32.2 Å². The van der Waals surface area contributed by atoms with Gasteiger partial charge in [-0.05, 0) is 37.7 Å². The number of likely N-dealkylation sites (tertiary alicyclic amines) is 1. The Morgan fingerprint density at radius 3 is 2.92 bits per heavy atom. The predicted molar refractivity (Wildman–Crippen MR) is 88.4 cm³/mol. The minimum Gasteiger partial charge on any atom is -0.481 e. The Bertz CT molecular complexity index is 687. The van der Waals surface area contributed by atoms with Crippen molar-refractivity contribution in [2.24, 2.45) is 11.3 Å². The van der Waals surface area contributed by atoms with E-state index >= 15 is 0 Å². The summed E-state index contributed by atoms with van der Waals surface area (Å²) < 4.78 is 9.79. The lowest BCUT2D eigenvalue weighted by molar-refractivity contribution is -0.157. The highest BCUT2D eigenvalue weighted by Gasteiger charge is 2.55. The van der Waals surface area contributed by atoms with Crippen LogP contribution in [-0.2, 0) is 9.53 Å². The molecule has 1 aromatic heterocycles. The fourth-order valence-electron chi connectivity index (χ4n) is 3.75. The molecule has 0 unspecified atom stereocenters. The van der Waals surface area contributed by atoms with Gasteiger partial charge in [0.15, 0.2) is 0 Å². The molecule has 1 aliphatic carbocycles. The molecule has 24 heavy (non-hydrogen) atoms.